The molecule has 0 aliphatic heterocycles. The second-order valence-electron chi connectivity index (χ2n) is 8.32. The highest BCUT2D eigenvalue weighted by Gasteiger charge is 2.28. The Balaban J connectivity index is 1.35. The second-order valence-corrected chi connectivity index (χ2v) is 12.0. The molecule has 1 aliphatic rings. The van der Waals surface area contributed by atoms with Gasteiger partial charge in [-0.15, -0.1) is 11.3 Å². The molecule has 0 fully saturated rings. The number of rotatable bonds is 8. The Bertz CT molecular complexity index is 1720. The minimum atomic E-state index is -3.86. The van der Waals surface area contributed by atoms with Crippen LogP contribution in [0.25, 0.3) is 16.7 Å². The number of hydrogen-bond acceptors (Lipinski definition) is 10. The van der Waals surface area contributed by atoms with Crippen molar-refractivity contribution in [2.24, 2.45) is 5.14 Å². The number of carbonyl (C=O) groups is 2. The van der Waals surface area contributed by atoms with E-state index >= 15 is 0 Å². The molecule has 1 aromatic carbocycles. The largest absolute Gasteiger partial charge is 0.462 e. The van der Waals surface area contributed by atoms with Gasteiger partial charge in [0.2, 0.25) is 15.9 Å². The summed E-state index contributed by atoms with van der Waals surface area (Å²) in [6.45, 7) is 1.97. The number of sulfonamides is 1. The number of anilines is 1. The third kappa shape index (κ3) is 5.09. The van der Waals surface area contributed by atoms with E-state index in [9.17, 15) is 22.8 Å². The zero-order chi connectivity index (χ0) is 27.0. The SMILES string of the molecule is CCOC(=O)c1c(NC(=O)CSc2nc3c(cnn3-c3ccc(S(N)(=O)=O)cc3)c(=O)[nH]2)sc2c1CCC2. The van der Waals surface area contributed by atoms with E-state index in [-0.39, 0.29) is 39.4 Å². The first-order valence-electron chi connectivity index (χ1n) is 11.5. The van der Waals surface area contributed by atoms with Crippen LogP contribution in [-0.2, 0) is 32.4 Å². The Morgan fingerprint density at radius 3 is 2.74 bits per heavy atom. The lowest BCUT2D eigenvalue weighted by molar-refractivity contribution is -0.113. The quantitative estimate of drug-likeness (QED) is 0.162. The van der Waals surface area contributed by atoms with Crippen molar-refractivity contribution in [1.82, 2.24) is 19.7 Å². The number of thioether (sulfide) groups is 1. The third-order valence-corrected chi connectivity index (χ3v) is 8.83. The minimum absolute atomic E-state index is 0.0622. The number of nitrogens with one attached hydrogen (secondary N) is 2. The molecule has 15 heteroatoms. The molecule has 1 aliphatic carbocycles. The van der Waals surface area contributed by atoms with Gasteiger partial charge in [0, 0.05) is 4.88 Å². The molecule has 1 amide bonds. The van der Waals surface area contributed by atoms with Gasteiger partial charge in [0.15, 0.2) is 10.8 Å². The van der Waals surface area contributed by atoms with Crippen LogP contribution < -0.4 is 16.0 Å². The summed E-state index contributed by atoms with van der Waals surface area (Å²) in [6.07, 6.45) is 3.95. The maximum atomic E-state index is 12.8. The van der Waals surface area contributed by atoms with Gasteiger partial charge in [-0.1, -0.05) is 11.8 Å². The van der Waals surface area contributed by atoms with E-state index in [2.05, 4.69) is 20.4 Å². The van der Waals surface area contributed by atoms with Crippen LogP contribution in [0.15, 0.2) is 45.3 Å². The molecule has 12 nitrogen and oxygen atoms in total. The summed E-state index contributed by atoms with van der Waals surface area (Å²) in [5.74, 6) is -0.886. The summed E-state index contributed by atoms with van der Waals surface area (Å²) in [5, 5.41) is 13.0. The first-order valence-corrected chi connectivity index (χ1v) is 14.9. The highest BCUT2D eigenvalue weighted by Crippen LogP contribution is 2.39. The number of benzene rings is 1. The Hall–Kier alpha value is -3.53. The Labute approximate surface area is 224 Å². The number of fused-ring (bicyclic) bond motifs is 2. The van der Waals surface area contributed by atoms with E-state index in [4.69, 9.17) is 9.88 Å². The first kappa shape index (κ1) is 26.1. The highest BCUT2D eigenvalue weighted by molar-refractivity contribution is 7.99. The number of nitrogens with zero attached hydrogens (tertiary/aromatic N) is 3. The number of ether oxygens (including phenoxy) is 1. The molecule has 0 radical (unpaired) electrons. The fourth-order valence-corrected chi connectivity index (χ4v) is 6.61. The summed E-state index contributed by atoms with van der Waals surface area (Å²) < 4.78 is 29.7. The lowest BCUT2D eigenvalue weighted by Gasteiger charge is -2.08. The highest BCUT2D eigenvalue weighted by atomic mass is 32.2. The number of hydrogen-bond donors (Lipinski definition) is 3. The van der Waals surface area contributed by atoms with Gasteiger partial charge in [-0.05, 0) is 56.0 Å². The predicted octanol–water partition coefficient (Wildman–Crippen LogP) is 2.21. The van der Waals surface area contributed by atoms with E-state index < -0.39 is 21.6 Å². The van der Waals surface area contributed by atoms with E-state index in [0.29, 0.717) is 16.3 Å². The summed E-state index contributed by atoms with van der Waals surface area (Å²) in [5.41, 5.74) is 1.63. The zero-order valence-corrected chi connectivity index (χ0v) is 22.5. The summed E-state index contributed by atoms with van der Waals surface area (Å²) in [6, 6.07) is 5.65. The number of aromatic amines is 1. The van der Waals surface area contributed by atoms with E-state index in [1.54, 1.807) is 6.92 Å². The molecule has 0 spiro atoms. The number of carbonyl (C=O) groups excluding carboxylic acids is 2. The maximum Gasteiger partial charge on any atom is 0.341 e. The Kier molecular flexibility index (Phi) is 7.09. The Morgan fingerprint density at radius 2 is 2.03 bits per heavy atom. The van der Waals surface area contributed by atoms with Crippen LogP contribution in [0, 0.1) is 0 Å². The predicted molar refractivity (Wildman–Crippen MR) is 143 cm³/mol. The molecular weight excluding hydrogens is 552 g/mol. The average molecular weight is 575 g/mol. The molecule has 0 saturated heterocycles. The van der Waals surface area contributed by atoms with Crippen molar-refractivity contribution >= 4 is 61.0 Å². The van der Waals surface area contributed by atoms with Crippen LogP contribution >= 0.6 is 23.1 Å². The summed E-state index contributed by atoms with van der Waals surface area (Å²) in [7, 11) is -3.86. The number of aryl methyl sites for hydroxylation is 1. The van der Waals surface area contributed by atoms with Gasteiger partial charge in [-0.3, -0.25) is 9.59 Å². The van der Waals surface area contributed by atoms with E-state index in [1.165, 1.54) is 46.5 Å². The first-order chi connectivity index (χ1) is 18.2. The van der Waals surface area contributed by atoms with Crippen molar-refractivity contribution in [3.8, 4) is 5.69 Å². The van der Waals surface area contributed by atoms with E-state index in [1.807, 2.05) is 0 Å². The lowest BCUT2D eigenvalue weighted by Crippen LogP contribution is -2.17. The molecule has 0 bridgehead atoms. The number of primary sulfonamides is 1. The number of amides is 1. The van der Waals surface area contributed by atoms with Crippen LogP contribution in [-0.4, -0.2) is 52.4 Å². The Morgan fingerprint density at radius 1 is 1.26 bits per heavy atom. The second kappa shape index (κ2) is 10.3. The molecular formula is C23H22N6O6S3. The van der Waals surface area contributed by atoms with Crippen molar-refractivity contribution in [2.45, 2.75) is 36.2 Å². The van der Waals surface area contributed by atoms with Gasteiger partial charge in [0.05, 0.1) is 34.7 Å². The van der Waals surface area contributed by atoms with Gasteiger partial charge < -0.3 is 15.0 Å². The van der Waals surface area contributed by atoms with Crippen molar-refractivity contribution < 1.29 is 22.7 Å². The fourth-order valence-electron chi connectivity index (χ4n) is 4.14. The standard InChI is InChI=1S/C23H22N6O6S3/c1-2-35-22(32)18-14-4-3-5-16(14)37-21(18)26-17(30)11-36-23-27-19-15(20(31)28-23)10-25-29(19)12-6-8-13(9-7-12)38(24,33)34/h6-10H,2-5,11H2,1H3,(H,26,30)(H2,24,33,34)(H,27,28,31). The topological polar surface area (TPSA) is 179 Å². The molecule has 0 atom stereocenters. The van der Waals surface area contributed by atoms with Crippen molar-refractivity contribution in [1.29, 1.82) is 0 Å². The third-order valence-electron chi connectivity index (χ3n) is 5.82. The van der Waals surface area contributed by atoms with Gasteiger partial charge in [0.25, 0.3) is 5.56 Å². The lowest BCUT2D eigenvalue weighted by atomic mass is 10.1. The summed E-state index contributed by atoms with van der Waals surface area (Å²) >= 11 is 2.41. The number of thiophene rings is 1. The fraction of sp³-hybridized carbons (Fsp3) is 0.261. The van der Waals surface area contributed by atoms with Gasteiger partial charge in [-0.25, -0.2) is 28.0 Å². The molecule has 3 aromatic heterocycles. The molecule has 198 valence electrons. The van der Waals surface area contributed by atoms with Gasteiger partial charge in [0.1, 0.15) is 10.4 Å². The molecule has 3 heterocycles. The van der Waals surface area contributed by atoms with Crippen LogP contribution in [0.1, 0.15) is 34.1 Å². The number of nitrogens with two attached hydrogens (primary N) is 1. The van der Waals surface area contributed by atoms with Crippen LogP contribution in [0.5, 0.6) is 0 Å². The number of H-pyrrole nitrogens is 1. The number of aromatic nitrogens is 4. The molecule has 0 unspecified atom stereocenters. The average Bonchev–Trinajstić information content (AvgIpc) is 3.57. The number of esters is 1. The molecule has 5 rings (SSSR count). The van der Waals surface area contributed by atoms with Crippen molar-refractivity contribution in [3.05, 3.63) is 56.8 Å². The minimum Gasteiger partial charge on any atom is -0.462 e. The van der Waals surface area contributed by atoms with Gasteiger partial charge in [-0.2, -0.15) is 5.10 Å². The van der Waals surface area contributed by atoms with Crippen molar-refractivity contribution in [3.63, 3.8) is 0 Å². The van der Waals surface area contributed by atoms with Crippen LogP contribution in [0.2, 0.25) is 0 Å². The molecule has 4 N–H and O–H groups in total. The monoisotopic (exact) mass is 574 g/mol. The normalized spacial score (nSPS) is 13.0. The zero-order valence-electron chi connectivity index (χ0n) is 20.0. The molecule has 4 aromatic rings. The summed E-state index contributed by atoms with van der Waals surface area (Å²) in [4.78, 5) is 46.0. The molecule has 38 heavy (non-hydrogen) atoms. The van der Waals surface area contributed by atoms with Crippen molar-refractivity contribution in [2.75, 3.05) is 17.7 Å². The van der Waals surface area contributed by atoms with Crippen LogP contribution in [0.3, 0.4) is 0 Å². The molecule has 0 saturated carbocycles. The maximum absolute atomic E-state index is 12.8. The van der Waals surface area contributed by atoms with Gasteiger partial charge >= 0.3 is 5.97 Å². The smallest absolute Gasteiger partial charge is 0.341 e. The van der Waals surface area contributed by atoms with Crippen LogP contribution in [0.4, 0.5) is 5.00 Å². The van der Waals surface area contributed by atoms with E-state index in [0.717, 1.165) is 41.5 Å².